The molecule has 0 spiro atoms. The van der Waals surface area contributed by atoms with Gasteiger partial charge in [0, 0.05) is 29.1 Å². The van der Waals surface area contributed by atoms with Gasteiger partial charge in [0.05, 0.1) is 34.7 Å². The van der Waals surface area contributed by atoms with E-state index in [0.717, 1.165) is 15.9 Å². The molecule has 2 aromatic carbocycles. The van der Waals surface area contributed by atoms with E-state index in [2.05, 4.69) is 0 Å². The molecule has 2 bridgehead atoms. The van der Waals surface area contributed by atoms with Crippen molar-refractivity contribution in [1.29, 1.82) is 0 Å². The van der Waals surface area contributed by atoms with Gasteiger partial charge < -0.3 is 23.5 Å². The largest absolute Gasteiger partial charge is 0.494 e. The third-order valence-corrected chi connectivity index (χ3v) is 8.20. The van der Waals surface area contributed by atoms with Crippen LogP contribution >= 0.6 is 0 Å². The van der Waals surface area contributed by atoms with Gasteiger partial charge in [-0.25, -0.2) is 4.98 Å². The lowest BCUT2D eigenvalue weighted by Gasteiger charge is -2.32. The summed E-state index contributed by atoms with van der Waals surface area (Å²) in [6, 6.07) is 9.81. The minimum atomic E-state index is -3.07. The van der Waals surface area contributed by atoms with E-state index >= 15 is 0 Å². The first-order chi connectivity index (χ1) is 18.7. The van der Waals surface area contributed by atoms with Gasteiger partial charge in [0.15, 0.2) is 0 Å². The summed E-state index contributed by atoms with van der Waals surface area (Å²) < 4.78 is 70.5. The van der Waals surface area contributed by atoms with Crippen molar-refractivity contribution >= 4 is 29.5 Å². The zero-order valence-electron chi connectivity index (χ0n) is 24.1. The molecular formula is C27H30BF2N3O4. The molecule has 1 amide bonds. The number of halogens is 2. The highest BCUT2D eigenvalue weighted by Crippen LogP contribution is 2.47. The molecule has 0 saturated carbocycles. The van der Waals surface area contributed by atoms with Gasteiger partial charge >= 0.3 is 13.7 Å². The molecule has 7 nitrogen and oxygen atoms in total. The van der Waals surface area contributed by atoms with Gasteiger partial charge in [-0.1, -0.05) is 18.2 Å². The third-order valence-electron chi connectivity index (χ3n) is 8.20. The summed E-state index contributed by atoms with van der Waals surface area (Å²) in [5, 5.41) is 0. The molecule has 4 heterocycles. The predicted molar refractivity (Wildman–Crippen MR) is 135 cm³/mol. The zero-order chi connectivity index (χ0) is 28.8. The molecule has 0 unspecified atom stereocenters. The van der Waals surface area contributed by atoms with E-state index in [0.29, 0.717) is 28.9 Å². The maximum absolute atomic E-state index is 13.5. The Bertz CT molecular complexity index is 1490. The number of benzene rings is 2. The lowest BCUT2D eigenvalue weighted by Crippen LogP contribution is -2.41. The second-order valence-electron chi connectivity index (χ2n) is 11.0. The van der Waals surface area contributed by atoms with Crippen LogP contribution in [0.3, 0.4) is 0 Å². The highest BCUT2D eigenvalue weighted by molar-refractivity contribution is 6.62. The Kier molecular flexibility index (Phi) is 4.69. The van der Waals surface area contributed by atoms with Crippen molar-refractivity contribution < 1.29 is 31.7 Å². The molecular weight excluding hydrogens is 479 g/mol. The number of rotatable bonds is 3. The van der Waals surface area contributed by atoms with Crippen molar-refractivity contribution in [1.82, 2.24) is 14.5 Å². The van der Waals surface area contributed by atoms with Gasteiger partial charge in [-0.3, -0.25) is 4.79 Å². The highest BCUT2D eigenvalue weighted by Gasteiger charge is 2.52. The monoisotopic (exact) mass is 512 g/mol. The van der Waals surface area contributed by atoms with Gasteiger partial charge in [0.2, 0.25) is 5.91 Å². The number of alkyl halides is 2. The first kappa shape index (κ1) is 21.0. The van der Waals surface area contributed by atoms with E-state index in [1.807, 2.05) is 50.5 Å². The Balaban J connectivity index is 1.54. The fourth-order valence-electron chi connectivity index (χ4n) is 5.65. The maximum Gasteiger partial charge on any atom is 0.494 e. The SMILES string of the molecule is [2H]C([2H])([2H])N1C[C@@H]2C[C@H](c3c(cccc3OC(F)F)CC1=O)n1c2nc2ccc(B3OC(C)(C)C(C)(C)O3)cc21. The van der Waals surface area contributed by atoms with Crippen molar-refractivity contribution in [3.63, 3.8) is 0 Å². The number of carbonyl (C=O) groups excluding carboxylic acids is 1. The number of hydrogen-bond donors (Lipinski definition) is 0. The number of hydrogen-bond acceptors (Lipinski definition) is 5. The van der Waals surface area contributed by atoms with E-state index in [9.17, 15) is 13.6 Å². The Labute approximate surface area is 219 Å². The molecule has 6 rings (SSSR count). The molecule has 2 atom stereocenters. The van der Waals surface area contributed by atoms with Crippen LogP contribution in [-0.4, -0.2) is 58.8 Å². The average Bonchev–Trinajstić information content (AvgIpc) is 3.45. The summed E-state index contributed by atoms with van der Waals surface area (Å²) in [4.78, 5) is 19.0. The number of likely N-dealkylation sites (N-methyl/N-ethyl adjacent to an activating group) is 1. The fraction of sp³-hybridized carbons (Fsp3) is 0.481. The van der Waals surface area contributed by atoms with Crippen LogP contribution < -0.4 is 10.2 Å². The standard InChI is InChI=1S/C27H30BF2N3O4/c1-26(2)27(3,4)37-28(36-26)17-9-10-18-19(13-17)33-20-11-16(24(33)31-18)14-32(5)22(34)12-15-7-6-8-21(23(15)20)35-25(29)30/h6-10,13,16,20,25H,11-12,14H2,1-5H3/t16-,20+/m0/s1/i5D3. The first-order valence-electron chi connectivity index (χ1n) is 13.9. The number of nitrogens with zero attached hydrogens (tertiary/aromatic N) is 3. The first-order valence-corrected chi connectivity index (χ1v) is 12.4. The summed E-state index contributed by atoms with van der Waals surface area (Å²) >= 11 is 0. The molecule has 194 valence electrons. The fourth-order valence-corrected chi connectivity index (χ4v) is 5.65. The molecule has 3 aromatic rings. The van der Waals surface area contributed by atoms with Gasteiger partial charge in [0.25, 0.3) is 0 Å². The zero-order valence-corrected chi connectivity index (χ0v) is 21.1. The number of fused-ring (bicyclic) bond motifs is 9. The quantitative estimate of drug-likeness (QED) is 0.496. The van der Waals surface area contributed by atoms with Crippen molar-refractivity contribution in [2.45, 2.75) is 70.3 Å². The van der Waals surface area contributed by atoms with Crippen molar-refractivity contribution in [2.75, 3.05) is 13.5 Å². The number of imidazole rings is 1. The normalized spacial score (nSPS) is 25.7. The van der Waals surface area contributed by atoms with Crippen molar-refractivity contribution in [2.24, 2.45) is 0 Å². The lowest BCUT2D eigenvalue weighted by molar-refractivity contribution is -0.129. The minimum Gasteiger partial charge on any atom is -0.434 e. The van der Waals surface area contributed by atoms with Crippen LogP contribution in [0.2, 0.25) is 0 Å². The van der Waals surface area contributed by atoms with Gasteiger partial charge in [-0.15, -0.1) is 0 Å². The van der Waals surface area contributed by atoms with Gasteiger partial charge in [-0.05, 0) is 63.3 Å². The maximum atomic E-state index is 13.5. The molecule has 3 aliphatic heterocycles. The lowest BCUT2D eigenvalue weighted by atomic mass is 9.79. The van der Waals surface area contributed by atoms with Crippen LogP contribution in [0, 0.1) is 0 Å². The number of carbonyl (C=O) groups is 1. The summed E-state index contributed by atoms with van der Waals surface area (Å²) in [7, 11) is -0.622. The number of amides is 1. The molecule has 37 heavy (non-hydrogen) atoms. The molecule has 1 aromatic heterocycles. The van der Waals surface area contributed by atoms with Crippen LogP contribution in [0.15, 0.2) is 36.4 Å². The van der Waals surface area contributed by atoms with E-state index in [4.69, 9.17) is 23.1 Å². The molecule has 0 radical (unpaired) electrons. The second kappa shape index (κ2) is 8.26. The van der Waals surface area contributed by atoms with Crippen LogP contribution in [0.4, 0.5) is 8.78 Å². The smallest absolute Gasteiger partial charge is 0.434 e. The summed E-state index contributed by atoms with van der Waals surface area (Å²) in [5.74, 6) is -0.489. The topological polar surface area (TPSA) is 65.8 Å². The van der Waals surface area contributed by atoms with Crippen LogP contribution in [0.25, 0.3) is 11.0 Å². The Hall–Kier alpha value is -2.98. The molecule has 0 N–H and O–H groups in total. The predicted octanol–water partition coefficient (Wildman–Crippen LogP) is 4.03. The van der Waals surface area contributed by atoms with E-state index in [-0.39, 0.29) is 18.7 Å². The number of aromatic nitrogens is 2. The molecule has 0 aliphatic carbocycles. The average molecular weight is 512 g/mol. The van der Waals surface area contributed by atoms with Crippen LogP contribution in [0.1, 0.15) is 67.1 Å². The summed E-state index contributed by atoms with van der Waals surface area (Å²) in [6.07, 6.45) is 0.119. The number of ether oxygens (including phenoxy) is 1. The van der Waals surface area contributed by atoms with E-state index < -0.39 is 49.8 Å². The Morgan fingerprint density at radius 1 is 1.19 bits per heavy atom. The van der Waals surface area contributed by atoms with Crippen molar-refractivity contribution in [3.8, 4) is 5.75 Å². The van der Waals surface area contributed by atoms with E-state index in [1.54, 1.807) is 6.07 Å². The molecule has 3 aliphatic rings. The molecule has 10 heteroatoms. The van der Waals surface area contributed by atoms with Crippen LogP contribution in [0.5, 0.6) is 5.75 Å². The molecule has 1 saturated heterocycles. The highest BCUT2D eigenvalue weighted by atomic mass is 19.3. The second-order valence-corrected chi connectivity index (χ2v) is 11.0. The third kappa shape index (κ3) is 3.84. The Morgan fingerprint density at radius 2 is 1.95 bits per heavy atom. The molecule has 1 fully saturated rings. The van der Waals surface area contributed by atoms with Crippen LogP contribution in [-0.2, 0) is 20.5 Å². The summed E-state index contributed by atoms with van der Waals surface area (Å²) in [5.41, 5.74) is 1.97. The van der Waals surface area contributed by atoms with Gasteiger partial charge in [0.1, 0.15) is 11.6 Å². The summed E-state index contributed by atoms with van der Waals surface area (Å²) in [6.45, 7) is 2.08. The Morgan fingerprint density at radius 3 is 2.65 bits per heavy atom. The van der Waals surface area contributed by atoms with Gasteiger partial charge in [-0.2, -0.15) is 8.78 Å². The van der Waals surface area contributed by atoms with Crippen molar-refractivity contribution in [3.05, 3.63) is 53.3 Å². The minimum absolute atomic E-state index is 0.0387. The van der Waals surface area contributed by atoms with E-state index in [1.165, 1.54) is 12.1 Å².